The predicted octanol–water partition coefficient (Wildman–Crippen LogP) is 8.01. The van der Waals surface area contributed by atoms with E-state index in [9.17, 15) is 8.78 Å². The monoisotopic (exact) mass is 424 g/mol. The van der Waals surface area contributed by atoms with Gasteiger partial charge < -0.3 is 4.74 Å². The van der Waals surface area contributed by atoms with Gasteiger partial charge in [-0.2, -0.15) is 8.78 Å². The van der Waals surface area contributed by atoms with Crippen LogP contribution in [0.4, 0.5) is 8.78 Å². The molecule has 166 valence electrons. The summed E-state index contributed by atoms with van der Waals surface area (Å²) in [6.45, 7) is 5.81. The van der Waals surface area contributed by atoms with Gasteiger partial charge in [-0.05, 0) is 79.5 Å². The minimum atomic E-state index is -3.19. The van der Waals surface area contributed by atoms with Crippen molar-refractivity contribution in [1.82, 2.24) is 0 Å². The summed E-state index contributed by atoms with van der Waals surface area (Å²) in [4.78, 5) is 0. The second-order valence-electron chi connectivity index (χ2n) is 8.62. The summed E-state index contributed by atoms with van der Waals surface area (Å²) in [6.07, 6.45) is 9.18. The lowest BCUT2D eigenvalue weighted by molar-refractivity contribution is -0.244. The van der Waals surface area contributed by atoms with Gasteiger partial charge in [0.15, 0.2) is 0 Å². The molecule has 1 aliphatic rings. The zero-order valence-electron chi connectivity index (χ0n) is 18.5. The fraction of sp³-hybridized carbons (Fsp3) is 0.429. The summed E-state index contributed by atoms with van der Waals surface area (Å²) in [5.74, 6) is 1.20. The number of hydrogen-bond donors (Lipinski definition) is 0. The van der Waals surface area contributed by atoms with Crippen molar-refractivity contribution in [2.45, 2.75) is 70.5 Å². The normalized spacial score (nSPS) is 19.6. The lowest BCUT2D eigenvalue weighted by Gasteiger charge is -2.27. The number of aryl methyl sites for hydroxylation is 1. The maximum Gasteiger partial charge on any atom is 0.360 e. The molecule has 0 heterocycles. The van der Waals surface area contributed by atoms with Crippen LogP contribution in [0.15, 0.2) is 73.3 Å². The fourth-order valence-electron chi connectivity index (χ4n) is 4.29. The van der Waals surface area contributed by atoms with E-state index < -0.39 is 12.5 Å². The van der Waals surface area contributed by atoms with Crippen molar-refractivity contribution in [3.8, 4) is 0 Å². The first-order valence-corrected chi connectivity index (χ1v) is 11.4. The van der Waals surface area contributed by atoms with Crippen molar-refractivity contribution in [2.75, 3.05) is 0 Å². The first-order chi connectivity index (χ1) is 15.0. The molecule has 0 amide bonds. The topological polar surface area (TPSA) is 9.23 Å². The van der Waals surface area contributed by atoms with Crippen molar-refractivity contribution in [2.24, 2.45) is 5.92 Å². The van der Waals surface area contributed by atoms with Crippen molar-refractivity contribution >= 4 is 0 Å². The fourth-order valence-corrected chi connectivity index (χ4v) is 4.29. The van der Waals surface area contributed by atoms with E-state index in [4.69, 9.17) is 4.74 Å². The Bertz CT molecular complexity index is 828. The molecule has 1 aliphatic carbocycles. The molecule has 0 aliphatic heterocycles. The third kappa shape index (κ3) is 7.43. The van der Waals surface area contributed by atoms with Crippen LogP contribution in [0.3, 0.4) is 0 Å². The van der Waals surface area contributed by atoms with Gasteiger partial charge in [0.2, 0.25) is 0 Å². The summed E-state index contributed by atoms with van der Waals surface area (Å²) in [5.41, 5.74) is 3.82. The first-order valence-electron chi connectivity index (χ1n) is 11.4. The Morgan fingerprint density at radius 2 is 1.55 bits per heavy atom. The number of rotatable bonds is 10. The van der Waals surface area contributed by atoms with Crippen LogP contribution in [0, 0.1) is 5.92 Å². The van der Waals surface area contributed by atoms with Crippen LogP contribution in [0.5, 0.6) is 0 Å². The van der Waals surface area contributed by atoms with Crippen LogP contribution in [0.2, 0.25) is 0 Å². The van der Waals surface area contributed by atoms with Crippen LogP contribution in [0.25, 0.3) is 0 Å². The van der Waals surface area contributed by atoms with Crippen molar-refractivity contribution < 1.29 is 13.5 Å². The van der Waals surface area contributed by atoms with Crippen molar-refractivity contribution in [3.63, 3.8) is 0 Å². The van der Waals surface area contributed by atoms with Gasteiger partial charge >= 0.3 is 6.11 Å². The second kappa shape index (κ2) is 11.4. The van der Waals surface area contributed by atoms with E-state index in [-0.39, 0.29) is 6.61 Å². The van der Waals surface area contributed by atoms with E-state index in [1.165, 1.54) is 31.2 Å². The molecule has 3 heteroatoms. The molecule has 2 aromatic carbocycles. The molecule has 1 saturated carbocycles. The van der Waals surface area contributed by atoms with Crippen LogP contribution in [-0.2, 0) is 24.2 Å². The van der Waals surface area contributed by atoms with Gasteiger partial charge in [0.1, 0.15) is 0 Å². The van der Waals surface area contributed by atoms with Crippen LogP contribution in [0.1, 0.15) is 67.2 Å². The van der Waals surface area contributed by atoms with E-state index in [0.29, 0.717) is 17.4 Å². The molecular formula is C28H34F2O. The smallest absolute Gasteiger partial charge is 0.315 e. The van der Waals surface area contributed by atoms with E-state index in [2.05, 4.69) is 30.9 Å². The minimum Gasteiger partial charge on any atom is -0.315 e. The first kappa shape index (κ1) is 23.4. The van der Waals surface area contributed by atoms with E-state index in [0.717, 1.165) is 24.0 Å². The Hall–Kier alpha value is -2.26. The highest BCUT2D eigenvalue weighted by Gasteiger charge is 2.30. The van der Waals surface area contributed by atoms with Gasteiger partial charge in [0.05, 0.1) is 13.0 Å². The van der Waals surface area contributed by atoms with Crippen LogP contribution >= 0.6 is 0 Å². The molecule has 1 fully saturated rings. The van der Waals surface area contributed by atoms with Crippen molar-refractivity contribution in [1.29, 1.82) is 0 Å². The van der Waals surface area contributed by atoms with Crippen molar-refractivity contribution in [3.05, 3.63) is 95.6 Å². The lowest BCUT2D eigenvalue weighted by Crippen LogP contribution is -2.23. The van der Waals surface area contributed by atoms with Gasteiger partial charge in [-0.3, -0.25) is 0 Å². The average molecular weight is 425 g/mol. The van der Waals surface area contributed by atoms with Crippen LogP contribution < -0.4 is 0 Å². The Morgan fingerprint density at radius 3 is 2.16 bits per heavy atom. The van der Waals surface area contributed by atoms with Gasteiger partial charge in [0.25, 0.3) is 0 Å². The van der Waals surface area contributed by atoms with E-state index >= 15 is 0 Å². The Morgan fingerprint density at radius 1 is 0.935 bits per heavy atom. The zero-order valence-corrected chi connectivity index (χ0v) is 18.5. The largest absolute Gasteiger partial charge is 0.360 e. The predicted molar refractivity (Wildman–Crippen MR) is 124 cm³/mol. The molecule has 2 aromatic rings. The number of alkyl halides is 2. The summed E-state index contributed by atoms with van der Waals surface area (Å²) in [7, 11) is 0. The molecule has 31 heavy (non-hydrogen) atoms. The van der Waals surface area contributed by atoms with E-state index in [1.807, 2.05) is 37.3 Å². The molecular weight excluding hydrogens is 390 g/mol. The van der Waals surface area contributed by atoms with Crippen LogP contribution in [-0.4, -0.2) is 6.11 Å². The number of allylic oxidation sites excluding steroid dienone is 3. The second-order valence-corrected chi connectivity index (χ2v) is 8.62. The third-order valence-corrected chi connectivity index (χ3v) is 6.27. The molecule has 3 rings (SSSR count). The highest BCUT2D eigenvalue weighted by Crippen LogP contribution is 2.36. The molecule has 0 spiro atoms. The Kier molecular flexibility index (Phi) is 8.60. The average Bonchev–Trinajstić information content (AvgIpc) is 2.79. The Labute approximate surface area is 185 Å². The van der Waals surface area contributed by atoms with Gasteiger partial charge in [-0.15, -0.1) is 6.58 Å². The molecule has 0 radical (unpaired) electrons. The molecule has 0 bridgehead atoms. The third-order valence-electron chi connectivity index (χ3n) is 6.27. The quantitative estimate of drug-likeness (QED) is 0.351. The lowest BCUT2D eigenvalue weighted by atomic mass is 9.79. The summed E-state index contributed by atoms with van der Waals surface area (Å²) < 4.78 is 33.7. The molecule has 0 unspecified atom stereocenters. The molecule has 1 nitrogen and oxygen atoms in total. The standard InChI is InChI=1S/C28H34F2O/c1-3-5-6-7-23-8-10-24(11-9-23)20-28(29,30)31-21-25-14-18-27(19-15-25)26-16-12-22(4-2)13-17-26/h3-5,8-11,14-15,18-19,22,26H,2,6-7,12-13,16-17,20-21H2,1H3. The maximum absolute atomic E-state index is 14.3. The molecule has 0 aromatic heterocycles. The molecule has 0 saturated heterocycles. The zero-order chi connectivity index (χ0) is 22.1. The number of benzene rings is 2. The molecule has 0 atom stereocenters. The number of hydrogen-bond acceptors (Lipinski definition) is 1. The summed E-state index contributed by atoms with van der Waals surface area (Å²) in [5, 5.41) is 0. The van der Waals surface area contributed by atoms with E-state index in [1.54, 1.807) is 12.1 Å². The Balaban J connectivity index is 1.47. The highest BCUT2D eigenvalue weighted by atomic mass is 19.3. The number of ether oxygens (including phenoxy) is 1. The van der Waals surface area contributed by atoms with Gasteiger partial charge in [-0.25, -0.2) is 0 Å². The highest BCUT2D eigenvalue weighted by molar-refractivity contribution is 5.26. The minimum absolute atomic E-state index is 0.0854. The van der Waals surface area contributed by atoms with Gasteiger partial charge in [0, 0.05) is 0 Å². The maximum atomic E-state index is 14.3. The summed E-state index contributed by atoms with van der Waals surface area (Å²) in [6, 6.07) is 15.4. The number of halogens is 2. The SMILES string of the molecule is C=CC1CCC(c2ccc(COC(F)(F)Cc3ccc(CCC=CC)cc3)cc2)CC1. The van der Waals surface area contributed by atoms with Gasteiger partial charge in [-0.1, -0.05) is 66.8 Å². The molecule has 0 N–H and O–H groups in total. The summed E-state index contributed by atoms with van der Waals surface area (Å²) >= 11 is 0.